The van der Waals surface area contributed by atoms with Gasteiger partial charge in [0.2, 0.25) is 0 Å². The zero-order chi connectivity index (χ0) is 16.5. The number of benzene rings is 1. The van der Waals surface area contributed by atoms with Crippen LogP contribution < -0.4 is 10.1 Å². The second-order valence-electron chi connectivity index (χ2n) is 6.38. The molecule has 1 aromatic carbocycles. The molecule has 0 saturated carbocycles. The first-order chi connectivity index (χ1) is 11.2. The van der Waals surface area contributed by atoms with Crippen LogP contribution in [0.4, 0.5) is 0 Å². The van der Waals surface area contributed by atoms with E-state index in [4.69, 9.17) is 4.74 Å². The summed E-state index contributed by atoms with van der Waals surface area (Å²) in [5.74, 6) is 0.757. The van der Waals surface area contributed by atoms with Crippen molar-refractivity contribution in [3.63, 3.8) is 0 Å². The molecule has 4 nitrogen and oxygen atoms in total. The van der Waals surface area contributed by atoms with Gasteiger partial charge in [-0.2, -0.15) is 0 Å². The van der Waals surface area contributed by atoms with Crippen molar-refractivity contribution in [2.45, 2.75) is 52.1 Å². The maximum Gasteiger partial charge on any atom is 0.261 e. The molecule has 1 aliphatic heterocycles. The number of aryl methyl sites for hydroxylation is 1. The number of likely N-dealkylation sites (tertiary alicyclic amines) is 1. The molecule has 2 rings (SSSR count). The van der Waals surface area contributed by atoms with Crippen molar-refractivity contribution in [1.82, 2.24) is 10.2 Å². The normalized spacial score (nSPS) is 16.8. The van der Waals surface area contributed by atoms with Crippen LogP contribution in [0.1, 0.15) is 44.6 Å². The van der Waals surface area contributed by atoms with Gasteiger partial charge in [-0.05, 0) is 69.9 Å². The molecule has 128 valence electrons. The Hall–Kier alpha value is -1.55. The van der Waals surface area contributed by atoms with E-state index in [1.54, 1.807) is 0 Å². The fraction of sp³-hybridized carbons (Fsp3) is 0.632. The lowest BCUT2D eigenvalue weighted by atomic mass is 10.1. The van der Waals surface area contributed by atoms with Crippen LogP contribution in [0.5, 0.6) is 5.75 Å². The van der Waals surface area contributed by atoms with Gasteiger partial charge < -0.3 is 15.0 Å². The first kappa shape index (κ1) is 17.8. The quantitative estimate of drug-likeness (QED) is 0.749. The predicted octanol–water partition coefficient (Wildman–Crippen LogP) is 3.14. The minimum atomic E-state index is -0.410. The first-order valence-corrected chi connectivity index (χ1v) is 8.92. The van der Waals surface area contributed by atoms with Gasteiger partial charge in [0.05, 0.1) is 0 Å². The van der Waals surface area contributed by atoms with Crippen molar-refractivity contribution < 1.29 is 9.53 Å². The lowest BCUT2D eigenvalue weighted by Gasteiger charge is -2.26. The summed E-state index contributed by atoms with van der Waals surface area (Å²) in [6, 6.07) is 7.84. The Balaban J connectivity index is 1.69. The predicted molar refractivity (Wildman–Crippen MR) is 93.8 cm³/mol. The van der Waals surface area contributed by atoms with Crippen LogP contribution in [0, 0.1) is 6.92 Å². The highest BCUT2D eigenvalue weighted by Crippen LogP contribution is 2.15. The van der Waals surface area contributed by atoms with Gasteiger partial charge in [-0.15, -0.1) is 0 Å². The highest BCUT2D eigenvalue weighted by atomic mass is 16.5. The monoisotopic (exact) mass is 318 g/mol. The fourth-order valence-electron chi connectivity index (χ4n) is 2.99. The van der Waals surface area contributed by atoms with Crippen LogP contribution >= 0.6 is 0 Å². The summed E-state index contributed by atoms with van der Waals surface area (Å²) in [6.07, 6.45) is 5.26. The Morgan fingerprint density at radius 2 is 2.09 bits per heavy atom. The number of rotatable bonds is 8. The van der Waals surface area contributed by atoms with E-state index >= 15 is 0 Å². The SMILES string of the molecule is CC[C@@H](Oc1cccc(C)c1)C(=O)NCCCN1CCCCC1. The smallest absolute Gasteiger partial charge is 0.261 e. The van der Waals surface area contributed by atoms with Crippen molar-refractivity contribution in [3.8, 4) is 5.75 Å². The van der Waals surface area contributed by atoms with Crippen molar-refractivity contribution in [2.75, 3.05) is 26.2 Å². The molecule has 0 spiro atoms. The minimum absolute atomic E-state index is 0.00681. The molecule has 0 unspecified atom stereocenters. The molecule has 1 aliphatic rings. The second-order valence-corrected chi connectivity index (χ2v) is 6.38. The van der Waals surface area contributed by atoms with Crippen LogP contribution in [0.15, 0.2) is 24.3 Å². The summed E-state index contributed by atoms with van der Waals surface area (Å²) in [6.45, 7) is 8.23. The van der Waals surface area contributed by atoms with E-state index in [-0.39, 0.29) is 5.91 Å². The summed E-state index contributed by atoms with van der Waals surface area (Å²) in [5.41, 5.74) is 1.14. The molecule has 1 fully saturated rings. The summed E-state index contributed by atoms with van der Waals surface area (Å²) < 4.78 is 5.83. The Kier molecular flexibility index (Phi) is 7.40. The van der Waals surface area contributed by atoms with Crippen LogP contribution in [0.3, 0.4) is 0 Å². The van der Waals surface area contributed by atoms with Gasteiger partial charge in [0, 0.05) is 6.54 Å². The van der Waals surface area contributed by atoms with E-state index in [0.29, 0.717) is 6.42 Å². The second kappa shape index (κ2) is 9.56. The number of hydrogen-bond donors (Lipinski definition) is 1. The van der Waals surface area contributed by atoms with E-state index in [1.165, 1.54) is 32.4 Å². The summed E-state index contributed by atoms with van der Waals surface area (Å²) >= 11 is 0. The first-order valence-electron chi connectivity index (χ1n) is 8.92. The van der Waals surface area contributed by atoms with Gasteiger partial charge in [0.25, 0.3) is 5.91 Å². The van der Waals surface area contributed by atoms with Crippen LogP contribution in [0.25, 0.3) is 0 Å². The molecule has 1 amide bonds. The third-order valence-corrected chi connectivity index (χ3v) is 4.33. The molecule has 1 atom stereocenters. The number of hydrogen-bond acceptors (Lipinski definition) is 3. The molecule has 0 bridgehead atoms. The maximum absolute atomic E-state index is 12.3. The third-order valence-electron chi connectivity index (χ3n) is 4.33. The Labute approximate surface area is 140 Å². The molecule has 0 aromatic heterocycles. The number of piperidine rings is 1. The largest absolute Gasteiger partial charge is 0.481 e. The number of carbonyl (C=O) groups excluding carboxylic acids is 1. The zero-order valence-electron chi connectivity index (χ0n) is 14.5. The van der Waals surface area contributed by atoms with Gasteiger partial charge in [-0.3, -0.25) is 4.79 Å². The van der Waals surface area contributed by atoms with Crippen LogP contribution in [-0.2, 0) is 4.79 Å². The summed E-state index contributed by atoms with van der Waals surface area (Å²) in [7, 11) is 0. The van der Waals surface area contributed by atoms with E-state index in [0.717, 1.165) is 30.8 Å². The number of amides is 1. The van der Waals surface area contributed by atoms with Crippen molar-refractivity contribution >= 4 is 5.91 Å². The lowest BCUT2D eigenvalue weighted by Crippen LogP contribution is -2.39. The summed E-state index contributed by atoms with van der Waals surface area (Å²) in [5, 5.41) is 3.02. The van der Waals surface area contributed by atoms with Crippen molar-refractivity contribution in [3.05, 3.63) is 29.8 Å². The van der Waals surface area contributed by atoms with Crippen molar-refractivity contribution in [2.24, 2.45) is 0 Å². The molecule has 0 radical (unpaired) electrons. The fourth-order valence-corrected chi connectivity index (χ4v) is 2.99. The van der Waals surface area contributed by atoms with E-state index in [2.05, 4.69) is 10.2 Å². The average molecular weight is 318 g/mol. The molecule has 1 saturated heterocycles. The van der Waals surface area contributed by atoms with Crippen LogP contribution in [-0.4, -0.2) is 43.1 Å². The number of ether oxygens (including phenoxy) is 1. The van der Waals surface area contributed by atoms with Gasteiger partial charge in [0.1, 0.15) is 5.75 Å². The van der Waals surface area contributed by atoms with E-state index < -0.39 is 6.10 Å². The van der Waals surface area contributed by atoms with Gasteiger partial charge >= 0.3 is 0 Å². The standard InChI is InChI=1S/C19H30N2O2/c1-3-18(23-17-10-7-9-16(2)15-17)19(22)20-11-8-14-21-12-5-4-6-13-21/h7,9-10,15,18H,3-6,8,11-14H2,1-2H3,(H,20,22)/t18-/m1/s1. The van der Waals surface area contributed by atoms with E-state index in [1.807, 2.05) is 38.1 Å². The number of carbonyl (C=O) groups is 1. The Bertz CT molecular complexity index is 484. The molecular formula is C19H30N2O2. The minimum Gasteiger partial charge on any atom is -0.481 e. The molecular weight excluding hydrogens is 288 g/mol. The molecule has 4 heteroatoms. The zero-order valence-corrected chi connectivity index (χ0v) is 14.5. The van der Waals surface area contributed by atoms with Gasteiger partial charge in [-0.1, -0.05) is 25.5 Å². The molecule has 0 aliphatic carbocycles. The summed E-state index contributed by atoms with van der Waals surface area (Å²) in [4.78, 5) is 14.8. The maximum atomic E-state index is 12.3. The average Bonchev–Trinajstić information content (AvgIpc) is 2.57. The highest BCUT2D eigenvalue weighted by molar-refractivity contribution is 5.81. The Morgan fingerprint density at radius 1 is 1.30 bits per heavy atom. The number of nitrogens with zero attached hydrogens (tertiary/aromatic N) is 1. The molecule has 1 heterocycles. The Morgan fingerprint density at radius 3 is 2.78 bits per heavy atom. The van der Waals surface area contributed by atoms with Gasteiger partial charge in [0.15, 0.2) is 6.10 Å². The lowest BCUT2D eigenvalue weighted by molar-refractivity contribution is -0.128. The molecule has 1 aromatic rings. The van der Waals surface area contributed by atoms with Gasteiger partial charge in [-0.25, -0.2) is 0 Å². The van der Waals surface area contributed by atoms with E-state index in [9.17, 15) is 4.79 Å². The highest BCUT2D eigenvalue weighted by Gasteiger charge is 2.18. The third kappa shape index (κ3) is 6.22. The van der Waals surface area contributed by atoms with Crippen molar-refractivity contribution in [1.29, 1.82) is 0 Å². The molecule has 1 N–H and O–H groups in total. The topological polar surface area (TPSA) is 41.6 Å². The number of nitrogens with one attached hydrogen (secondary N) is 1. The molecule has 23 heavy (non-hydrogen) atoms. The van der Waals surface area contributed by atoms with Crippen LogP contribution in [0.2, 0.25) is 0 Å².